The average molecular weight is 252 g/mol. The Balaban J connectivity index is 1.86. The highest BCUT2D eigenvalue weighted by atomic mass is 19.1. The summed E-state index contributed by atoms with van der Waals surface area (Å²) >= 11 is 0. The Bertz CT molecular complexity index is 408. The van der Waals surface area contributed by atoms with Gasteiger partial charge in [-0.05, 0) is 37.1 Å². The van der Waals surface area contributed by atoms with E-state index < -0.39 is 0 Å². The van der Waals surface area contributed by atoms with Crippen molar-refractivity contribution < 1.29 is 13.9 Å². The molecule has 98 valence electrons. The van der Waals surface area contributed by atoms with E-state index in [2.05, 4.69) is 0 Å². The molecule has 1 aliphatic rings. The van der Waals surface area contributed by atoms with E-state index in [-0.39, 0.29) is 24.4 Å². The first-order valence-corrected chi connectivity index (χ1v) is 6.08. The van der Waals surface area contributed by atoms with Crippen molar-refractivity contribution in [2.24, 2.45) is 5.73 Å². The number of nitrogens with zero attached hydrogens (tertiary/aromatic N) is 1. The Hall–Kier alpha value is -1.62. The van der Waals surface area contributed by atoms with Crippen LogP contribution in [0.15, 0.2) is 24.3 Å². The lowest BCUT2D eigenvalue weighted by atomic mass is 10.2. The molecule has 0 radical (unpaired) electrons. The van der Waals surface area contributed by atoms with Crippen molar-refractivity contribution in [3.05, 3.63) is 30.1 Å². The maximum Gasteiger partial charge on any atom is 0.260 e. The van der Waals surface area contributed by atoms with Crippen LogP contribution < -0.4 is 10.5 Å². The topological polar surface area (TPSA) is 55.6 Å². The Kier molecular flexibility index (Phi) is 4.15. The summed E-state index contributed by atoms with van der Waals surface area (Å²) < 4.78 is 18.0. The number of carbonyl (C=O) groups is 1. The number of hydrogen-bond acceptors (Lipinski definition) is 3. The van der Waals surface area contributed by atoms with Crippen LogP contribution in [0.2, 0.25) is 0 Å². The van der Waals surface area contributed by atoms with Crippen LogP contribution in [-0.2, 0) is 4.79 Å². The summed E-state index contributed by atoms with van der Waals surface area (Å²) in [5.74, 6) is 0.108. The highest BCUT2D eigenvalue weighted by Crippen LogP contribution is 2.17. The van der Waals surface area contributed by atoms with E-state index in [1.54, 1.807) is 4.90 Å². The molecule has 0 aliphatic carbocycles. The zero-order valence-electron chi connectivity index (χ0n) is 10.1. The predicted octanol–water partition coefficient (Wildman–Crippen LogP) is 1.15. The first-order valence-electron chi connectivity index (χ1n) is 6.08. The molecule has 2 rings (SSSR count). The van der Waals surface area contributed by atoms with E-state index >= 15 is 0 Å². The number of benzene rings is 1. The quantitative estimate of drug-likeness (QED) is 0.874. The van der Waals surface area contributed by atoms with E-state index in [0.717, 1.165) is 19.4 Å². The van der Waals surface area contributed by atoms with Gasteiger partial charge in [0.2, 0.25) is 0 Å². The number of ether oxygens (including phenoxy) is 1. The summed E-state index contributed by atoms with van der Waals surface area (Å²) in [5, 5.41) is 0. The van der Waals surface area contributed by atoms with Crippen LogP contribution in [0.25, 0.3) is 0 Å². The Morgan fingerprint density at radius 1 is 1.44 bits per heavy atom. The number of halogens is 1. The van der Waals surface area contributed by atoms with Crippen LogP contribution in [0.1, 0.15) is 12.8 Å². The molecular weight excluding hydrogens is 235 g/mol. The van der Waals surface area contributed by atoms with Gasteiger partial charge < -0.3 is 15.4 Å². The zero-order valence-corrected chi connectivity index (χ0v) is 10.1. The van der Waals surface area contributed by atoms with Crippen LogP contribution in [0, 0.1) is 5.82 Å². The smallest absolute Gasteiger partial charge is 0.260 e. The van der Waals surface area contributed by atoms with Gasteiger partial charge in [0.1, 0.15) is 11.6 Å². The lowest BCUT2D eigenvalue weighted by Gasteiger charge is -2.23. The fraction of sp³-hybridized carbons (Fsp3) is 0.462. The van der Waals surface area contributed by atoms with Gasteiger partial charge >= 0.3 is 0 Å². The van der Waals surface area contributed by atoms with Gasteiger partial charge in [-0.25, -0.2) is 4.39 Å². The summed E-state index contributed by atoms with van der Waals surface area (Å²) in [4.78, 5) is 13.7. The molecule has 1 aromatic rings. The van der Waals surface area contributed by atoms with Gasteiger partial charge in [-0.1, -0.05) is 0 Å². The predicted molar refractivity (Wildman–Crippen MR) is 65.7 cm³/mol. The molecule has 1 saturated heterocycles. The van der Waals surface area contributed by atoms with Gasteiger partial charge in [-0.2, -0.15) is 0 Å². The van der Waals surface area contributed by atoms with Crippen molar-refractivity contribution in [1.82, 2.24) is 4.90 Å². The second kappa shape index (κ2) is 5.82. The first-order chi connectivity index (χ1) is 8.70. The van der Waals surface area contributed by atoms with Crippen LogP contribution >= 0.6 is 0 Å². The third-order valence-electron chi connectivity index (χ3n) is 3.15. The standard InChI is InChI=1S/C13H17FN2O2/c14-10-3-5-12(6-4-10)18-9-13(17)16-7-1-2-11(16)8-15/h3-6,11H,1-2,7-9,15H2. The van der Waals surface area contributed by atoms with E-state index in [9.17, 15) is 9.18 Å². The molecule has 2 N–H and O–H groups in total. The molecule has 4 nitrogen and oxygen atoms in total. The molecule has 1 aliphatic heterocycles. The summed E-state index contributed by atoms with van der Waals surface area (Å²) in [7, 11) is 0. The van der Waals surface area contributed by atoms with Crippen LogP contribution in [0.5, 0.6) is 5.75 Å². The molecule has 5 heteroatoms. The lowest BCUT2D eigenvalue weighted by molar-refractivity contribution is -0.134. The van der Waals surface area contributed by atoms with E-state index in [1.807, 2.05) is 0 Å². The summed E-state index contributed by atoms with van der Waals surface area (Å²) in [5.41, 5.74) is 5.61. The summed E-state index contributed by atoms with van der Waals surface area (Å²) in [6, 6.07) is 5.76. The maximum absolute atomic E-state index is 12.7. The maximum atomic E-state index is 12.7. The van der Waals surface area contributed by atoms with Crippen molar-refractivity contribution in [3.8, 4) is 5.75 Å². The normalized spacial score (nSPS) is 19.0. The van der Waals surface area contributed by atoms with Crippen LogP contribution in [0.4, 0.5) is 4.39 Å². The van der Waals surface area contributed by atoms with Crippen molar-refractivity contribution in [1.29, 1.82) is 0 Å². The van der Waals surface area contributed by atoms with Crippen molar-refractivity contribution >= 4 is 5.91 Å². The monoisotopic (exact) mass is 252 g/mol. The molecular formula is C13H17FN2O2. The largest absolute Gasteiger partial charge is 0.484 e. The molecule has 1 atom stereocenters. The lowest BCUT2D eigenvalue weighted by Crippen LogP contribution is -2.42. The molecule has 1 unspecified atom stereocenters. The second-order valence-corrected chi connectivity index (χ2v) is 4.36. The molecule has 0 aromatic heterocycles. The summed E-state index contributed by atoms with van der Waals surface area (Å²) in [6.07, 6.45) is 1.95. The number of hydrogen-bond donors (Lipinski definition) is 1. The third kappa shape index (κ3) is 2.98. The number of nitrogens with two attached hydrogens (primary N) is 1. The van der Waals surface area contributed by atoms with Gasteiger partial charge in [0, 0.05) is 19.1 Å². The van der Waals surface area contributed by atoms with Gasteiger partial charge in [0.25, 0.3) is 5.91 Å². The molecule has 1 aromatic carbocycles. The van der Waals surface area contributed by atoms with Gasteiger partial charge in [-0.3, -0.25) is 4.79 Å². The number of likely N-dealkylation sites (tertiary alicyclic amines) is 1. The molecule has 18 heavy (non-hydrogen) atoms. The third-order valence-corrected chi connectivity index (χ3v) is 3.15. The van der Waals surface area contributed by atoms with Gasteiger partial charge in [-0.15, -0.1) is 0 Å². The minimum absolute atomic E-state index is 0.0257. The molecule has 0 bridgehead atoms. The van der Waals surface area contributed by atoms with Gasteiger partial charge in [0.05, 0.1) is 0 Å². The van der Waals surface area contributed by atoms with Crippen LogP contribution in [-0.4, -0.2) is 36.5 Å². The van der Waals surface area contributed by atoms with E-state index in [0.29, 0.717) is 12.3 Å². The van der Waals surface area contributed by atoms with Gasteiger partial charge in [0.15, 0.2) is 6.61 Å². The Labute approximate surface area is 106 Å². The molecule has 0 spiro atoms. The van der Waals surface area contributed by atoms with Crippen LogP contribution in [0.3, 0.4) is 0 Å². The van der Waals surface area contributed by atoms with Crippen molar-refractivity contribution in [3.63, 3.8) is 0 Å². The van der Waals surface area contributed by atoms with E-state index in [1.165, 1.54) is 24.3 Å². The van der Waals surface area contributed by atoms with Crippen molar-refractivity contribution in [2.45, 2.75) is 18.9 Å². The Morgan fingerprint density at radius 3 is 2.83 bits per heavy atom. The SMILES string of the molecule is NCC1CCCN1C(=O)COc1ccc(F)cc1. The minimum atomic E-state index is -0.323. The highest BCUT2D eigenvalue weighted by Gasteiger charge is 2.27. The number of rotatable bonds is 4. The summed E-state index contributed by atoms with van der Waals surface area (Å²) in [6.45, 7) is 1.21. The van der Waals surface area contributed by atoms with Crippen molar-refractivity contribution in [2.75, 3.05) is 19.7 Å². The fourth-order valence-corrected chi connectivity index (χ4v) is 2.17. The second-order valence-electron chi connectivity index (χ2n) is 4.36. The first kappa shape index (κ1) is 12.8. The highest BCUT2D eigenvalue weighted by molar-refractivity contribution is 5.78. The average Bonchev–Trinajstić information content (AvgIpc) is 2.86. The molecule has 1 heterocycles. The molecule has 1 amide bonds. The number of amides is 1. The number of carbonyl (C=O) groups excluding carboxylic acids is 1. The zero-order chi connectivity index (χ0) is 13.0. The molecule has 1 fully saturated rings. The van der Waals surface area contributed by atoms with E-state index in [4.69, 9.17) is 10.5 Å². The molecule has 0 saturated carbocycles. The Morgan fingerprint density at radius 2 is 2.17 bits per heavy atom. The fourth-order valence-electron chi connectivity index (χ4n) is 2.17. The minimum Gasteiger partial charge on any atom is -0.484 e.